The normalized spacial score (nSPS) is 18.8. The van der Waals surface area contributed by atoms with Crippen molar-refractivity contribution in [1.29, 1.82) is 0 Å². The van der Waals surface area contributed by atoms with Crippen LogP contribution in [0.15, 0.2) is 18.2 Å². The van der Waals surface area contributed by atoms with E-state index in [0.717, 1.165) is 50.3 Å². The highest BCUT2D eigenvalue weighted by Crippen LogP contribution is 2.31. The van der Waals surface area contributed by atoms with E-state index in [-0.39, 0.29) is 11.8 Å². The lowest BCUT2D eigenvalue weighted by molar-refractivity contribution is -0.134. The SMILES string of the molecule is Cc1ccc(Cl)cc1NC(=O)CN1CCN(C(=O)C2CC2)CC1. The lowest BCUT2D eigenvalue weighted by Gasteiger charge is -2.34. The smallest absolute Gasteiger partial charge is 0.238 e. The topological polar surface area (TPSA) is 52.7 Å². The first-order valence-electron chi connectivity index (χ1n) is 8.10. The third-order valence-electron chi connectivity index (χ3n) is 4.45. The summed E-state index contributed by atoms with van der Waals surface area (Å²) in [7, 11) is 0. The van der Waals surface area contributed by atoms with Gasteiger partial charge in [0.2, 0.25) is 11.8 Å². The van der Waals surface area contributed by atoms with Crippen LogP contribution in [-0.2, 0) is 9.59 Å². The van der Waals surface area contributed by atoms with Crippen molar-refractivity contribution >= 4 is 29.1 Å². The van der Waals surface area contributed by atoms with Crippen LogP contribution in [0.25, 0.3) is 0 Å². The molecule has 0 spiro atoms. The van der Waals surface area contributed by atoms with Gasteiger partial charge in [-0.25, -0.2) is 0 Å². The Kier molecular flexibility index (Phi) is 4.87. The van der Waals surface area contributed by atoms with Gasteiger partial charge in [0.1, 0.15) is 0 Å². The minimum absolute atomic E-state index is 0.0441. The van der Waals surface area contributed by atoms with E-state index in [1.807, 2.05) is 24.0 Å². The van der Waals surface area contributed by atoms with Crippen molar-refractivity contribution in [3.8, 4) is 0 Å². The summed E-state index contributed by atoms with van der Waals surface area (Å²) in [5.74, 6) is 0.525. The Balaban J connectivity index is 1.47. The van der Waals surface area contributed by atoms with Crippen LogP contribution in [0.1, 0.15) is 18.4 Å². The highest BCUT2D eigenvalue weighted by atomic mass is 35.5. The second kappa shape index (κ2) is 6.89. The zero-order valence-electron chi connectivity index (χ0n) is 13.3. The van der Waals surface area contributed by atoms with Crippen LogP contribution in [0.5, 0.6) is 0 Å². The van der Waals surface area contributed by atoms with Crippen molar-refractivity contribution in [3.63, 3.8) is 0 Å². The largest absolute Gasteiger partial charge is 0.340 e. The lowest BCUT2D eigenvalue weighted by Crippen LogP contribution is -2.50. The molecule has 1 aliphatic carbocycles. The van der Waals surface area contributed by atoms with Crippen molar-refractivity contribution in [3.05, 3.63) is 28.8 Å². The number of carbonyl (C=O) groups is 2. The monoisotopic (exact) mass is 335 g/mol. The Bertz CT molecular complexity index is 608. The molecule has 2 amide bonds. The van der Waals surface area contributed by atoms with Crippen molar-refractivity contribution in [2.75, 3.05) is 38.0 Å². The maximum absolute atomic E-state index is 12.2. The molecule has 3 rings (SSSR count). The van der Waals surface area contributed by atoms with Gasteiger partial charge < -0.3 is 10.2 Å². The van der Waals surface area contributed by atoms with Gasteiger partial charge in [0.15, 0.2) is 0 Å². The number of benzene rings is 1. The highest BCUT2D eigenvalue weighted by Gasteiger charge is 2.34. The molecule has 0 radical (unpaired) electrons. The number of anilines is 1. The lowest BCUT2D eigenvalue weighted by atomic mass is 10.2. The minimum Gasteiger partial charge on any atom is -0.340 e. The van der Waals surface area contributed by atoms with Crippen LogP contribution >= 0.6 is 11.6 Å². The maximum atomic E-state index is 12.2. The summed E-state index contributed by atoms with van der Waals surface area (Å²) >= 11 is 5.97. The molecular weight excluding hydrogens is 314 g/mol. The number of nitrogens with one attached hydrogen (secondary N) is 1. The minimum atomic E-state index is -0.0441. The van der Waals surface area contributed by atoms with Gasteiger partial charge >= 0.3 is 0 Å². The quantitative estimate of drug-likeness (QED) is 0.917. The molecule has 0 unspecified atom stereocenters. The Morgan fingerprint density at radius 3 is 2.57 bits per heavy atom. The average Bonchev–Trinajstić information content (AvgIpc) is 3.36. The molecule has 124 valence electrons. The summed E-state index contributed by atoms with van der Waals surface area (Å²) in [6.07, 6.45) is 2.08. The van der Waals surface area contributed by atoms with Gasteiger partial charge in [-0.15, -0.1) is 0 Å². The highest BCUT2D eigenvalue weighted by molar-refractivity contribution is 6.31. The fraction of sp³-hybridized carbons (Fsp3) is 0.529. The Hall–Kier alpha value is -1.59. The number of halogens is 1. The van der Waals surface area contributed by atoms with Crippen molar-refractivity contribution in [2.45, 2.75) is 19.8 Å². The molecule has 1 saturated carbocycles. The number of carbonyl (C=O) groups excluding carboxylic acids is 2. The second-order valence-corrected chi connectivity index (χ2v) is 6.82. The summed E-state index contributed by atoms with van der Waals surface area (Å²) in [5.41, 5.74) is 1.74. The van der Waals surface area contributed by atoms with Crippen LogP contribution in [0.4, 0.5) is 5.69 Å². The molecular formula is C17H22ClN3O2. The van der Waals surface area contributed by atoms with Crippen LogP contribution in [-0.4, -0.2) is 54.3 Å². The predicted octanol–water partition coefficient (Wildman–Crippen LogP) is 2.14. The van der Waals surface area contributed by atoms with E-state index >= 15 is 0 Å². The molecule has 0 bridgehead atoms. The van der Waals surface area contributed by atoms with Crippen LogP contribution in [0.2, 0.25) is 5.02 Å². The number of rotatable bonds is 4. The molecule has 1 aliphatic heterocycles. The van der Waals surface area contributed by atoms with Gasteiger partial charge in [-0.2, -0.15) is 0 Å². The van der Waals surface area contributed by atoms with E-state index < -0.39 is 0 Å². The molecule has 1 heterocycles. The standard InChI is InChI=1S/C17H22ClN3O2/c1-12-2-5-14(18)10-15(12)19-16(22)11-20-6-8-21(9-7-20)17(23)13-3-4-13/h2,5,10,13H,3-4,6-9,11H2,1H3,(H,19,22). The van der Waals surface area contributed by atoms with Gasteiger partial charge in [-0.3, -0.25) is 14.5 Å². The van der Waals surface area contributed by atoms with Gasteiger partial charge in [-0.05, 0) is 37.5 Å². The Labute approximate surface area is 141 Å². The first kappa shape index (κ1) is 16.3. The van der Waals surface area contributed by atoms with Crippen molar-refractivity contribution < 1.29 is 9.59 Å². The molecule has 6 heteroatoms. The van der Waals surface area contributed by atoms with Crippen LogP contribution < -0.4 is 5.32 Å². The Morgan fingerprint density at radius 2 is 1.91 bits per heavy atom. The molecule has 1 aromatic rings. The number of hydrogen-bond acceptors (Lipinski definition) is 3. The molecule has 2 fully saturated rings. The van der Waals surface area contributed by atoms with E-state index in [0.29, 0.717) is 17.5 Å². The van der Waals surface area contributed by atoms with Crippen molar-refractivity contribution in [2.24, 2.45) is 5.92 Å². The first-order valence-corrected chi connectivity index (χ1v) is 8.48. The maximum Gasteiger partial charge on any atom is 0.238 e. The zero-order valence-corrected chi connectivity index (χ0v) is 14.1. The van der Waals surface area contributed by atoms with E-state index in [1.165, 1.54) is 0 Å². The summed E-state index contributed by atoms with van der Waals surface area (Å²) in [6, 6.07) is 5.46. The second-order valence-electron chi connectivity index (χ2n) is 6.38. The first-order chi connectivity index (χ1) is 11.0. The third kappa shape index (κ3) is 4.24. The summed E-state index contributed by atoms with van der Waals surface area (Å²) in [5, 5.41) is 3.52. The zero-order chi connectivity index (χ0) is 16.4. The summed E-state index contributed by atoms with van der Waals surface area (Å²) in [4.78, 5) is 28.2. The molecule has 0 aromatic heterocycles. The fourth-order valence-corrected chi connectivity index (χ4v) is 3.01. The molecule has 1 aromatic carbocycles. The van der Waals surface area contributed by atoms with Gasteiger partial charge in [0, 0.05) is 42.8 Å². The third-order valence-corrected chi connectivity index (χ3v) is 4.69. The van der Waals surface area contributed by atoms with Crippen molar-refractivity contribution in [1.82, 2.24) is 9.80 Å². The number of nitrogens with zero attached hydrogens (tertiary/aromatic N) is 2. The molecule has 1 N–H and O–H groups in total. The van der Waals surface area contributed by atoms with E-state index in [2.05, 4.69) is 10.2 Å². The number of amides is 2. The van der Waals surface area contributed by atoms with Crippen LogP contribution in [0.3, 0.4) is 0 Å². The fourth-order valence-electron chi connectivity index (χ4n) is 2.84. The predicted molar refractivity (Wildman–Crippen MR) is 90.6 cm³/mol. The Morgan fingerprint density at radius 1 is 1.22 bits per heavy atom. The number of hydrogen-bond donors (Lipinski definition) is 1. The van der Waals surface area contributed by atoms with Gasteiger partial charge in [0.05, 0.1) is 6.54 Å². The average molecular weight is 336 g/mol. The summed E-state index contributed by atoms with van der Waals surface area (Å²) in [6.45, 7) is 5.23. The van der Waals surface area contributed by atoms with E-state index in [1.54, 1.807) is 6.07 Å². The van der Waals surface area contributed by atoms with Gasteiger partial charge in [0.25, 0.3) is 0 Å². The van der Waals surface area contributed by atoms with E-state index in [4.69, 9.17) is 11.6 Å². The molecule has 2 aliphatic rings. The number of aryl methyl sites for hydroxylation is 1. The van der Waals surface area contributed by atoms with Gasteiger partial charge in [-0.1, -0.05) is 17.7 Å². The molecule has 0 atom stereocenters. The summed E-state index contributed by atoms with van der Waals surface area (Å²) < 4.78 is 0. The van der Waals surface area contributed by atoms with E-state index in [9.17, 15) is 9.59 Å². The molecule has 23 heavy (non-hydrogen) atoms. The molecule has 5 nitrogen and oxygen atoms in total. The molecule has 1 saturated heterocycles. The number of piperazine rings is 1. The van der Waals surface area contributed by atoms with Crippen LogP contribution in [0, 0.1) is 12.8 Å².